The Morgan fingerprint density at radius 2 is 2.20 bits per heavy atom. The summed E-state index contributed by atoms with van der Waals surface area (Å²) in [6, 6.07) is 0. The van der Waals surface area contributed by atoms with Crippen LogP contribution in [-0.4, -0.2) is 11.4 Å². The van der Waals surface area contributed by atoms with Gasteiger partial charge in [-0.2, -0.15) is 0 Å². The molecule has 1 spiro atoms. The van der Waals surface area contributed by atoms with E-state index in [0.717, 1.165) is 17.8 Å². The van der Waals surface area contributed by atoms with Crippen LogP contribution in [0.1, 0.15) is 46.0 Å². The molecule has 3 aliphatic carbocycles. The first kappa shape index (κ1) is 9.68. The maximum Gasteiger partial charge on any atom is 0.0498 e. The second-order valence-corrected chi connectivity index (χ2v) is 6.49. The smallest absolute Gasteiger partial charge is 0.0498 e. The van der Waals surface area contributed by atoms with Gasteiger partial charge in [-0.3, -0.25) is 0 Å². The van der Waals surface area contributed by atoms with Gasteiger partial charge in [-0.1, -0.05) is 13.8 Å². The third-order valence-electron chi connectivity index (χ3n) is 5.83. The highest BCUT2D eigenvalue weighted by atomic mass is 16.4. The average Bonchev–Trinajstić information content (AvgIpc) is 2.79. The molecular weight excluding hydrogens is 186 g/mol. The van der Waals surface area contributed by atoms with E-state index in [1.54, 1.807) is 0 Å². The highest BCUT2D eigenvalue weighted by molar-refractivity contribution is 5.66. The Morgan fingerprint density at radius 3 is 2.87 bits per heavy atom. The van der Waals surface area contributed by atoms with Crippen LogP contribution in [0.5, 0.6) is 0 Å². The SMILES string of the molecule is CC1CC(C)(C=NO)C2C[C@@H]3CC[C@]12C3. The van der Waals surface area contributed by atoms with Crippen molar-refractivity contribution in [2.45, 2.75) is 46.0 Å². The Labute approximate surface area is 91.7 Å². The second-order valence-electron chi connectivity index (χ2n) is 6.49. The molecule has 0 aromatic carbocycles. The Morgan fingerprint density at radius 1 is 1.40 bits per heavy atom. The van der Waals surface area contributed by atoms with E-state index in [1.807, 2.05) is 6.21 Å². The Balaban J connectivity index is 2.00. The number of hydrogen-bond acceptors (Lipinski definition) is 2. The van der Waals surface area contributed by atoms with Crippen molar-refractivity contribution in [3.05, 3.63) is 0 Å². The summed E-state index contributed by atoms with van der Waals surface area (Å²) in [6.45, 7) is 4.71. The van der Waals surface area contributed by atoms with Gasteiger partial charge in [0.1, 0.15) is 0 Å². The summed E-state index contributed by atoms with van der Waals surface area (Å²) in [4.78, 5) is 0. The molecule has 3 saturated carbocycles. The van der Waals surface area contributed by atoms with Crippen molar-refractivity contribution in [3.8, 4) is 0 Å². The van der Waals surface area contributed by atoms with Crippen LogP contribution in [0, 0.1) is 28.6 Å². The third kappa shape index (κ3) is 1.03. The zero-order chi connectivity index (χ0) is 10.7. The van der Waals surface area contributed by atoms with Crippen molar-refractivity contribution in [1.29, 1.82) is 0 Å². The second kappa shape index (κ2) is 2.78. The van der Waals surface area contributed by atoms with E-state index in [2.05, 4.69) is 19.0 Å². The van der Waals surface area contributed by atoms with E-state index in [-0.39, 0.29) is 5.41 Å². The van der Waals surface area contributed by atoms with Crippen molar-refractivity contribution in [2.75, 3.05) is 0 Å². The number of fused-ring (bicyclic) bond motifs is 1. The molecule has 2 nitrogen and oxygen atoms in total. The zero-order valence-corrected chi connectivity index (χ0v) is 9.74. The van der Waals surface area contributed by atoms with E-state index in [9.17, 15) is 0 Å². The molecular formula is C13H21NO. The summed E-state index contributed by atoms with van der Waals surface area (Å²) in [5.74, 6) is 2.58. The molecule has 0 saturated heterocycles. The molecule has 0 radical (unpaired) electrons. The molecule has 0 aliphatic heterocycles. The molecule has 1 N–H and O–H groups in total. The lowest BCUT2D eigenvalue weighted by Gasteiger charge is -2.36. The van der Waals surface area contributed by atoms with E-state index in [1.165, 1.54) is 32.1 Å². The van der Waals surface area contributed by atoms with Gasteiger partial charge >= 0.3 is 0 Å². The van der Waals surface area contributed by atoms with Crippen molar-refractivity contribution < 1.29 is 5.21 Å². The van der Waals surface area contributed by atoms with Crippen LogP contribution in [-0.2, 0) is 0 Å². The number of hydrogen-bond donors (Lipinski definition) is 1. The van der Waals surface area contributed by atoms with Crippen LogP contribution in [0.15, 0.2) is 5.16 Å². The minimum absolute atomic E-state index is 0.170. The molecule has 5 atom stereocenters. The summed E-state index contributed by atoms with van der Waals surface area (Å²) >= 11 is 0. The highest BCUT2D eigenvalue weighted by Crippen LogP contribution is 2.71. The molecule has 84 valence electrons. The van der Waals surface area contributed by atoms with Gasteiger partial charge in [0.2, 0.25) is 0 Å². The van der Waals surface area contributed by atoms with E-state index in [4.69, 9.17) is 5.21 Å². The van der Waals surface area contributed by atoms with Gasteiger partial charge in [0, 0.05) is 11.6 Å². The van der Waals surface area contributed by atoms with Gasteiger partial charge in [-0.05, 0) is 55.3 Å². The zero-order valence-electron chi connectivity index (χ0n) is 9.74. The van der Waals surface area contributed by atoms with Gasteiger partial charge in [-0.25, -0.2) is 0 Å². The fourth-order valence-electron chi connectivity index (χ4n) is 5.30. The van der Waals surface area contributed by atoms with Gasteiger partial charge < -0.3 is 5.21 Å². The van der Waals surface area contributed by atoms with Crippen LogP contribution >= 0.6 is 0 Å². The van der Waals surface area contributed by atoms with Crippen molar-refractivity contribution in [2.24, 2.45) is 33.7 Å². The normalized spacial score (nSPS) is 57.9. The first-order chi connectivity index (χ1) is 7.11. The third-order valence-corrected chi connectivity index (χ3v) is 5.83. The first-order valence-electron chi connectivity index (χ1n) is 6.29. The summed E-state index contributed by atoms with van der Waals surface area (Å²) < 4.78 is 0. The lowest BCUT2D eigenvalue weighted by atomic mass is 9.68. The Kier molecular flexibility index (Phi) is 1.79. The molecule has 3 fully saturated rings. The fraction of sp³-hybridized carbons (Fsp3) is 0.923. The maximum absolute atomic E-state index is 8.84. The van der Waals surface area contributed by atoms with Crippen molar-refractivity contribution in [1.82, 2.24) is 0 Å². The largest absolute Gasteiger partial charge is 0.411 e. The molecule has 0 aromatic rings. The van der Waals surface area contributed by atoms with Gasteiger partial charge in [0.05, 0.1) is 0 Å². The number of rotatable bonds is 1. The van der Waals surface area contributed by atoms with Crippen LogP contribution in [0.25, 0.3) is 0 Å². The summed E-state index contributed by atoms with van der Waals surface area (Å²) in [5, 5.41) is 12.2. The van der Waals surface area contributed by atoms with Crippen molar-refractivity contribution >= 4 is 6.21 Å². The molecule has 2 heteroatoms. The molecule has 3 unspecified atom stereocenters. The molecule has 15 heavy (non-hydrogen) atoms. The van der Waals surface area contributed by atoms with Crippen LogP contribution in [0.3, 0.4) is 0 Å². The Hall–Kier alpha value is -0.530. The Bertz CT molecular complexity index is 314. The van der Waals surface area contributed by atoms with Crippen LogP contribution in [0.4, 0.5) is 0 Å². The highest BCUT2D eigenvalue weighted by Gasteiger charge is 2.64. The summed E-state index contributed by atoms with van der Waals surface area (Å²) in [5.41, 5.74) is 0.782. The van der Waals surface area contributed by atoms with Gasteiger partial charge in [0.25, 0.3) is 0 Å². The molecule has 3 rings (SSSR count). The lowest BCUT2D eigenvalue weighted by molar-refractivity contribution is 0.142. The topological polar surface area (TPSA) is 32.6 Å². The van der Waals surface area contributed by atoms with E-state index < -0.39 is 0 Å². The van der Waals surface area contributed by atoms with Crippen LogP contribution < -0.4 is 0 Å². The molecule has 0 amide bonds. The van der Waals surface area contributed by atoms with E-state index in [0.29, 0.717) is 5.41 Å². The van der Waals surface area contributed by atoms with Crippen molar-refractivity contribution in [3.63, 3.8) is 0 Å². The maximum atomic E-state index is 8.84. The minimum Gasteiger partial charge on any atom is -0.411 e. The molecule has 3 aliphatic rings. The van der Waals surface area contributed by atoms with E-state index >= 15 is 0 Å². The standard InChI is InChI=1S/C13H21NO/c1-9-6-12(2,8-14-15)11-5-10-3-4-13(9,11)7-10/h8-11,15H,3-7H2,1-2H3/t9?,10-,11?,12?,13-/m0/s1. The molecule has 0 heterocycles. The predicted molar refractivity (Wildman–Crippen MR) is 60.0 cm³/mol. The first-order valence-corrected chi connectivity index (χ1v) is 6.29. The molecule has 2 bridgehead atoms. The monoisotopic (exact) mass is 207 g/mol. The number of nitrogens with zero attached hydrogens (tertiary/aromatic N) is 1. The minimum atomic E-state index is 0.170. The lowest BCUT2D eigenvalue weighted by Crippen LogP contribution is -2.32. The van der Waals surface area contributed by atoms with Crippen LogP contribution in [0.2, 0.25) is 0 Å². The summed E-state index contributed by atoms with van der Waals surface area (Å²) in [7, 11) is 0. The van der Waals surface area contributed by atoms with Gasteiger partial charge in [0.15, 0.2) is 0 Å². The predicted octanol–water partition coefficient (Wildman–Crippen LogP) is 3.30. The fourth-order valence-corrected chi connectivity index (χ4v) is 5.30. The van der Waals surface area contributed by atoms with Gasteiger partial charge in [-0.15, -0.1) is 5.16 Å². The number of oxime groups is 1. The summed E-state index contributed by atoms with van der Waals surface area (Å²) in [6.07, 6.45) is 8.75. The quantitative estimate of drug-likeness (QED) is 0.399. The average molecular weight is 207 g/mol. The molecule has 0 aromatic heterocycles.